The topological polar surface area (TPSA) is 170 Å². The number of carbonyl (C=O) groups is 1. The van der Waals surface area contributed by atoms with E-state index in [1.807, 2.05) is 0 Å². The molecular weight excluding hydrogens is 418 g/mol. The molecule has 0 aromatic heterocycles. The van der Waals surface area contributed by atoms with Gasteiger partial charge in [-0.05, 0) is 12.1 Å². The summed E-state index contributed by atoms with van der Waals surface area (Å²) >= 11 is 0. The predicted molar refractivity (Wildman–Crippen MR) is 105 cm³/mol. The molecule has 0 radical (unpaired) electrons. The lowest BCUT2D eigenvalue weighted by atomic mass is 9.94. The number of carbonyl (C=O) groups excluding carboxylic acids is 1. The van der Waals surface area contributed by atoms with Crippen molar-refractivity contribution in [3.63, 3.8) is 0 Å². The number of phenols is 1. The van der Waals surface area contributed by atoms with Crippen LogP contribution >= 0.6 is 0 Å². The van der Waals surface area contributed by atoms with Gasteiger partial charge in [-0.25, -0.2) is 32.1 Å². The number of benzene rings is 3. The van der Waals surface area contributed by atoms with Gasteiger partial charge in [-0.3, -0.25) is 4.79 Å². The predicted octanol–water partition coefficient (Wildman–Crippen LogP) is 0.831. The molecule has 3 aromatic rings. The molecule has 0 bridgehead atoms. The first-order valence-corrected chi connectivity index (χ1v) is 11.2. The maximum Gasteiger partial charge on any atom is 0.279 e. The zero-order valence-corrected chi connectivity index (χ0v) is 16.2. The maximum atomic E-state index is 12.6. The lowest BCUT2D eigenvalue weighted by molar-refractivity contribution is 0.100. The van der Waals surface area contributed by atoms with E-state index in [-0.39, 0.29) is 43.8 Å². The van der Waals surface area contributed by atoms with Crippen LogP contribution in [0, 0.1) is 0 Å². The minimum Gasteiger partial charge on any atom is -0.507 e. The highest BCUT2D eigenvalue weighted by Crippen LogP contribution is 2.41. The van der Waals surface area contributed by atoms with Gasteiger partial charge < -0.3 is 5.11 Å². The molecule has 11 heteroatoms. The Hall–Kier alpha value is -3.12. The van der Waals surface area contributed by atoms with E-state index in [1.54, 1.807) is 12.1 Å². The number of nitrogens with zero attached hydrogens (tertiary/aromatic N) is 1. The lowest BCUT2D eigenvalue weighted by Gasteiger charge is -2.14. The van der Waals surface area contributed by atoms with Gasteiger partial charge in [-0.15, -0.1) is 0 Å². The number of rotatable bonds is 3. The second-order valence-electron chi connectivity index (χ2n) is 6.35. The quantitative estimate of drug-likeness (QED) is 0.554. The number of primary sulfonamides is 2. The van der Waals surface area contributed by atoms with Crippen LogP contribution in [0.15, 0.2) is 63.3 Å². The fraction of sp³-hybridized carbons (Fsp3) is 0. The van der Waals surface area contributed by atoms with Crippen molar-refractivity contribution in [2.75, 3.05) is 0 Å². The van der Waals surface area contributed by atoms with Crippen molar-refractivity contribution in [3.8, 4) is 5.75 Å². The van der Waals surface area contributed by atoms with Crippen LogP contribution in [0.25, 0.3) is 10.8 Å². The molecule has 148 valence electrons. The van der Waals surface area contributed by atoms with Crippen LogP contribution in [0.2, 0.25) is 0 Å². The Bertz CT molecular complexity index is 1460. The Morgan fingerprint density at radius 2 is 1.38 bits per heavy atom. The average Bonchev–Trinajstić information content (AvgIpc) is 2.98. The highest BCUT2D eigenvalue weighted by Gasteiger charge is 2.36. The summed E-state index contributed by atoms with van der Waals surface area (Å²) in [6.07, 6.45) is 0. The summed E-state index contributed by atoms with van der Waals surface area (Å²) in [7, 11) is -8.27. The van der Waals surface area contributed by atoms with Crippen molar-refractivity contribution in [2.24, 2.45) is 15.3 Å². The van der Waals surface area contributed by atoms with Crippen LogP contribution < -0.4 is 10.3 Å². The average molecular weight is 431 g/mol. The number of amides is 1. The number of hydrogen-bond acceptors (Lipinski definition) is 6. The molecule has 9 nitrogen and oxygen atoms in total. The summed E-state index contributed by atoms with van der Waals surface area (Å²) in [5.74, 6) is -1.21. The Balaban J connectivity index is 2.05. The molecule has 29 heavy (non-hydrogen) atoms. The van der Waals surface area contributed by atoms with Crippen LogP contribution in [0.4, 0.5) is 0 Å². The second kappa shape index (κ2) is 6.19. The number of aliphatic imine (C=N–C) groups is 1. The minimum absolute atomic E-state index is 0.000813. The zero-order chi connectivity index (χ0) is 21.1. The molecule has 0 saturated heterocycles. The number of hydrogen-bond donors (Lipinski definition) is 3. The van der Waals surface area contributed by atoms with Gasteiger partial charge in [0.1, 0.15) is 10.6 Å². The Morgan fingerprint density at radius 3 is 1.93 bits per heavy atom. The highest BCUT2D eigenvalue weighted by molar-refractivity contribution is 7.89. The third-order valence-corrected chi connectivity index (χ3v) is 6.47. The number of phenolic OH excluding ortho intramolecular Hbond substituents is 1. The summed E-state index contributed by atoms with van der Waals surface area (Å²) in [5, 5.41) is 21.5. The van der Waals surface area contributed by atoms with E-state index >= 15 is 0 Å². The second-order valence-corrected chi connectivity index (χ2v) is 9.41. The van der Waals surface area contributed by atoms with E-state index in [4.69, 9.17) is 10.3 Å². The molecule has 0 fully saturated rings. The van der Waals surface area contributed by atoms with Gasteiger partial charge in [0.05, 0.1) is 21.7 Å². The summed E-state index contributed by atoms with van der Waals surface area (Å²) in [6, 6.07) is 11.2. The molecular formula is C18H13N3O6S2. The third kappa shape index (κ3) is 3.00. The summed E-state index contributed by atoms with van der Waals surface area (Å²) in [6.45, 7) is 0. The fourth-order valence-electron chi connectivity index (χ4n) is 3.34. The normalized spacial score (nSPS) is 14.1. The van der Waals surface area contributed by atoms with Crippen LogP contribution in [0.1, 0.15) is 21.5 Å². The lowest BCUT2D eigenvalue weighted by Crippen LogP contribution is -2.17. The molecule has 3 aromatic carbocycles. The Morgan fingerprint density at radius 1 is 0.793 bits per heavy atom. The van der Waals surface area contributed by atoms with E-state index in [1.165, 1.54) is 36.4 Å². The molecule has 1 aliphatic rings. The van der Waals surface area contributed by atoms with E-state index in [0.717, 1.165) is 0 Å². The molecule has 5 N–H and O–H groups in total. The Labute approximate surface area is 165 Å². The molecule has 0 spiro atoms. The van der Waals surface area contributed by atoms with Gasteiger partial charge in [0.25, 0.3) is 5.91 Å². The largest absolute Gasteiger partial charge is 0.507 e. The van der Waals surface area contributed by atoms with Crippen molar-refractivity contribution in [3.05, 3.63) is 65.2 Å². The molecule has 0 unspecified atom stereocenters. The SMILES string of the molecule is NS(=O)(=O)c1ccc(C2=NC(=O)c3c2c(O)c2ccccc2c3S(N)(=O)=O)cc1. The van der Waals surface area contributed by atoms with Crippen molar-refractivity contribution >= 4 is 42.4 Å². The number of aromatic hydroxyl groups is 1. The first-order chi connectivity index (χ1) is 13.5. The molecule has 0 atom stereocenters. The summed E-state index contributed by atoms with van der Waals surface area (Å²) < 4.78 is 47.4. The van der Waals surface area contributed by atoms with E-state index in [2.05, 4.69) is 4.99 Å². The molecule has 0 aliphatic carbocycles. The van der Waals surface area contributed by atoms with Gasteiger partial charge in [0.2, 0.25) is 20.0 Å². The number of nitrogens with two attached hydrogens (primary N) is 2. The van der Waals surface area contributed by atoms with Crippen LogP contribution in [0.3, 0.4) is 0 Å². The summed E-state index contributed by atoms with van der Waals surface area (Å²) in [4.78, 5) is 15.9. The van der Waals surface area contributed by atoms with Gasteiger partial charge in [-0.1, -0.05) is 36.4 Å². The number of fused-ring (bicyclic) bond motifs is 2. The van der Waals surface area contributed by atoms with Gasteiger partial charge in [0, 0.05) is 16.3 Å². The van der Waals surface area contributed by atoms with Crippen molar-refractivity contribution in [1.29, 1.82) is 0 Å². The van der Waals surface area contributed by atoms with Gasteiger partial charge in [0.15, 0.2) is 0 Å². The standard InChI is InChI=1S/C18H13N3O6S2/c19-28(24,25)10-7-5-9(6-8-10)15-13-14(18(23)21-15)17(29(20,26)27)12-4-2-1-3-11(12)16(13)22/h1-8,22H,(H2,19,24,25)(H2,20,26,27). The molecule has 1 amide bonds. The monoisotopic (exact) mass is 431 g/mol. The minimum atomic E-state index is -4.34. The van der Waals surface area contributed by atoms with Crippen molar-refractivity contribution in [2.45, 2.75) is 9.79 Å². The third-order valence-electron chi connectivity index (χ3n) is 4.55. The van der Waals surface area contributed by atoms with Crippen molar-refractivity contribution < 1.29 is 26.7 Å². The van der Waals surface area contributed by atoms with Crippen LogP contribution in [0.5, 0.6) is 5.75 Å². The first kappa shape index (κ1) is 19.2. The maximum absolute atomic E-state index is 12.6. The molecule has 4 rings (SSSR count). The van der Waals surface area contributed by atoms with E-state index in [0.29, 0.717) is 0 Å². The fourth-order valence-corrected chi connectivity index (χ4v) is 4.82. The Kier molecular flexibility index (Phi) is 4.10. The highest BCUT2D eigenvalue weighted by atomic mass is 32.2. The molecule has 1 heterocycles. The zero-order valence-electron chi connectivity index (χ0n) is 14.5. The van der Waals surface area contributed by atoms with Crippen molar-refractivity contribution in [1.82, 2.24) is 0 Å². The molecule has 1 aliphatic heterocycles. The van der Waals surface area contributed by atoms with E-state index < -0.39 is 30.8 Å². The smallest absolute Gasteiger partial charge is 0.279 e. The van der Waals surface area contributed by atoms with Crippen LogP contribution in [-0.2, 0) is 20.0 Å². The summed E-state index contributed by atoms with van der Waals surface area (Å²) in [5.41, 5.74) is -0.120. The number of sulfonamides is 2. The first-order valence-electron chi connectivity index (χ1n) is 8.07. The van der Waals surface area contributed by atoms with Crippen LogP contribution in [-0.4, -0.2) is 33.6 Å². The van der Waals surface area contributed by atoms with E-state index in [9.17, 15) is 26.7 Å². The van der Waals surface area contributed by atoms with Gasteiger partial charge >= 0.3 is 0 Å². The van der Waals surface area contributed by atoms with Gasteiger partial charge in [-0.2, -0.15) is 0 Å². The molecule has 0 saturated carbocycles.